The Hall–Kier alpha value is -3.29. The van der Waals surface area contributed by atoms with Crippen LogP contribution in [0.4, 0.5) is 11.4 Å². The largest absolute Gasteiger partial charge is 0.495 e. The number of hydrogen-bond donors (Lipinski definition) is 2. The summed E-state index contributed by atoms with van der Waals surface area (Å²) in [5.41, 5.74) is 2.55. The minimum atomic E-state index is -3.79. The van der Waals surface area contributed by atoms with Crippen molar-refractivity contribution in [2.75, 3.05) is 17.1 Å². The van der Waals surface area contributed by atoms with Crippen LogP contribution in [-0.2, 0) is 14.8 Å². The van der Waals surface area contributed by atoms with Crippen LogP contribution in [0.1, 0.15) is 11.1 Å². The number of sulfonamides is 1. The zero-order valence-corrected chi connectivity index (χ0v) is 18.5. The second-order valence-corrected chi connectivity index (χ2v) is 8.78. The molecule has 0 aliphatic rings. The summed E-state index contributed by atoms with van der Waals surface area (Å²) >= 11 is 5.92. The van der Waals surface area contributed by atoms with Crippen LogP contribution in [0.5, 0.6) is 5.75 Å². The SMILES string of the molecule is COc1ccccc1NS(=O)(=O)c1ccc(/C=C/C(=O)Nc2ccc(Cl)cc2C)cc1. The standard InChI is InChI=1S/C23H21ClN2O4S/c1-16-15-18(24)10-13-20(16)25-23(27)14-9-17-7-11-19(12-8-17)31(28,29)26-21-5-3-4-6-22(21)30-2/h3-15,26H,1-2H3,(H,25,27)/b14-9+. The van der Waals surface area contributed by atoms with Gasteiger partial charge in [0.1, 0.15) is 5.75 Å². The monoisotopic (exact) mass is 456 g/mol. The van der Waals surface area contributed by atoms with Gasteiger partial charge < -0.3 is 10.1 Å². The molecule has 0 spiro atoms. The molecule has 6 nitrogen and oxygen atoms in total. The molecular weight excluding hydrogens is 436 g/mol. The number of aryl methyl sites for hydroxylation is 1. The number of hydrogen-bond acceptors (Lipinski definition) is 4. The van der Waals surface area contributed by atoms with Crippen molar-refractivity contribution in [3.63, 3.8) is 0 Å². The van der Waals surface area contributed by atoms with Crippen molar-refractivity contribution in [3.05, 3.63) is 89.0 Å². The van der Waals surface area contributed by atoms with Crippen molar-refractivity contribution < 1.29 is 17.9 Å². The van der Waals surface area contributed by atoms with Crippen molar-refractivity contribution in [1.29, 1.82) is 0 Å². The van der Waals surface area contributed by atoms with Gasteiger partial charge in [0.05, 0.1) is 17.7 Å². The number of amides is 1. The summed E-state index contributed by atoms with van der Waals surface area (Å²) in [5.74, 6) is 0.118. The molecule has 0 aliphatic heterocycles. The topological polar surface area (TPSA) is 84.5 Å². The maximum atomic E-state index is 12.6. The lowest BCUT2D eigenvalue weighted by Crippen LogP contribution is -2.13. The highest BCUT2D eigenvalue weighted by molar-refractivity contribution is 7.92. The molecule has 0 saturated carbocycles. The van der Waals surface area contributed by atoms with E-state index in [2.05, 4.69) is 10.0 Å². The molecule has 0 bridgehead atoms. The minimum absolute atomic E-state index is 0.0943. The van der Waals surface area contributed by atoms with E-state index in [-0.39, 0.29) is 10.8 Å². The number of benzene rings is 3. The van der Waals surface area contributed by atoms with Crippen LogP contribution in [-0.4, -0.2) is 21.4 Å². The summed E-state index contributed by atoms with van der Waals surface area (Å²) in [6.07, 6.45) is 2.98. The fourth-order valence-electron chi connectivity index (χ4n) is 2.80. The van der Waals surface area contributed by atoms with E-state index >= 15 is 0 Å². The third-order valence-electron chi connectivity index (χ3n) is 4.42. The quantitative estimate of drug-likeness (QED) is 0.484. The Bertz CT molecular complexity index is 1220. The maximum absolute atomic E-state index is 12.6. The molecule has 1 amide bonds. The Balaban J connectivity index is 1.68. The molecule has 3 rings (SSSR count). The molecular formula is C23H21ClN2O4S. The average molecular weight is 457 g/mol. The van der Waals surface area contributed by atoms with Crippen LogP contribution in [0.2, 0.25) is 5.02 Å². The molecule has 3 aromatic rings. The van der Waals surface area contributed by atoms with Gasteiger partial charge in [-0.3, -0.25) is 9.52 Å². The lowest BCUT2D eigenvalue weighted by molar-refractivity contribution is -0.111. The van der Waals surface area contributed by atoms with Crippen LogP contribution < -0.4 is 14.8 Å². The van der Waals surface area contributed by atoms with E-state index in [9.17, 15) is 13.2 Å². The Morgan fingerprint density at radius 1 is 1.00 bits per heavy atom. The van der Waals surface area contributed by atoms with Crippen LogP contribution in [0.25, 0.3) is 6.08 Å². The van der Waals surface area contributed by atoms with Gasteiger partial charge in [0, 0.05) is 16.8 Å². The van der Waals surface area contributed by atoms with Crippen LogP contribution in [0.3, 0.4) is 0 Å². The first-order valence-electron chi connectivity index (χ1n) is 9.29. The molecule has 0 saturated heterocycles. The summed E-state index contributed by atoms with van der Waals surface area (Å²) < 4.78 is 33.0. The zero-order valence-electron chi connectivity index (χ0n) is 16.9. The fraction of sp³-hybridized carbons (Fsp3) is 0.0870. The summed E-state index contributed by atoms with van der Waals surface area (Å²) in [7, 11) is -2.32. The van der Waals surface area contributed by atoms with Gasteiger partial charge in [0.25, 0.3) is 10.0 Å². The highest BCUT2D eigenvalue weighted by Crippen LogP contribution is 2.26. The van der Waals surface area contributed by atoms with Crippen LogP contribution in [0, 0.1) is 6.92 Å². The first kappa shape index (κ1) is 22.4. The third-order valence-corrected chi connectivity index (χ3v) is 6.03. The van der Waals surface area contributed by atoms with Crippen molar-refractivity contribution in [3.8, 4) is 5.75 Å². The van der Waals surface area contributed by atoms with Gasteiger partial charge in [0.2, 0.25) is 5.91 Å². The number of rotatable bonds is 7. The first-order valence-corrected chi connectivity index (χ1v) is 11.2. The first-order chi connectivity index (χ1) is 14.8. The lowest BCUT2D eigenvalue weighted by atomic mass is 10.2. The van der Waals surface area contributed by atoms with Gasteiger partial charge in [-0.15, -0.1) is 0 Å². The molecule has 31 heavy (non-hydrogen) atoms. The number of anilines is 2. The summed E-state index contributed by atoms with van der Waals surface area (Å²) in [6.45, 7) is 1.85. The summed E-state index contributed by atoms with van der Waals surface area (Å²) in [5, 5.41) is 3.38. The fourth-order valence-corrected chi connectivity index (χ4v) is 4.10. The molecule has 2 N–H and O–H groups in total. The number of carbonyl (C=O) groups excluding carboxylic acids is 1. The number of nitrogens with one attached hydrogen (secondary N) is 2. The molecule has 8 heteroatoms. The predicted molar refractivity (Wildman–Crippen MR) is 124 cm³/mol. The predicted octanol–water partition coefficient (Wildman–Crippen LogP) is 5.11. The maximum Gasteiger partial charge on any atom is 0.262 e. The normalized spacial score (nSPS) is 11.3. The van der Waals surface area contributed by atoms with Gasteiger partial charge in [-0.25, -0.2) is 8.42 Å². The van der Waals surface area contributed by atoms with Gasteiger partial charge in [-0.1, -0.05) is 35.9 Å². The van der Waals surface area contributed by atoms with E-state index in [0.29, 0.717) is 27.7 Å². The van der Waals surface area contributed by atoms with Crippen molar-refractivity contribution in [1.82, 2.24) is 0 Å². The molecule has 0 fully saturated rings. The van der Waals surface area contributed by atoms with Crippen molar-refractivity contribution in [2.45, 2.75) is 11.8 Å². The van der Waals surface area contributed by atoms with Gasteiger partial charge in [-0.05, 0) is 66.6 Å². The molecule has 0 aromatic heterocycles. The van der Waals surface area contributed by atoms with E-state index in [0.717, 1.165) is 5.56 Å². The summed E-state index contributed by atoms with van der Waals surface area (Å²) in [4.78, 5) is 12.3. The Kier molecular flexibility index (Phi) is 6.99. The Labute approximate surface area is 186 Å². The van der Waals surface area contributed by atoms with Gasteiger partial charge in [-0.2, -0.15) is 0 Å². The van der Waals surface area contributed by atoms with E-state index in [1.54, 1.807) is 60.7 Å². The average Bonchev–Trinajstić information content (AvgIpc) is 2.75. The van der Waals surface area contributed by atoms with Crippen molar-refractivity contribution >= 4 is 45.0 Å². The van der Waals surface area contributed by atoms with Gasteiger partial charge >= 0.3 is 0 Å². The highest BCUT2D eigenvalue weighted by Gasteiger charge is 2.16. The molecule has 0 aliphatic carbocycles. The van der Waals surface area contributed by atoms with Crippen LogP contribution in [0.15, 0.2) is 77.7 Å². The summed E-state index contributed by atoms with van der Waals surface area (Å²) in [6, 6.07) is 18.1. The van der Waals surface area contributed by atoms with E-state index in [4.69, 9.17) is 16.3 Å². The molecule has 0 atom stereocenters. The number of para-hydroxylation sites is 2. The second kappa shape index (κ2) is 9.68. The minimum Gasteiger partial charge on any atom is -0.495 e. The molecule has 0 unspecified atom stereocenters. The zero-order chi connectivity index (χ0) is 22.4. The second-order valence-electron chi connectivity index (χ2n) is 6.66. The van der Waals surface area contributed by atoms with E-state index in [1.807, 2.05) is 6.92 Å². The number of halogens is 1. The molecule has 160 valence electrons. The van der Waals surface area contributed by atoms with Gasteiger partial charge in [0.15, 0.2) is 0 Å². The van der Waals surface area contributed by atoms with E-state index < -0.39 is 10.0 Å². The highest BCUT2D eigenvalue weighted by atomic mass is 35.5. The lowest BCUT2D eigenvalue weighted by Gasteiger charge is -2.11. The Morgan fingerprint density at radius 2 is 1.71 bits per heavy atom. The molecule has 3 aromatic carbocycles. The number of carbonyl (C=O) groups is 1. The smallest absolute Gasteiger partial charge is 0.262 e. The number of methoxy groups -OCH3 is 1. The third kappa shape index (κ3) is 5.87. The van der Waals surface area contributed by atoms with Crippen LogP contribution >= 0.6 is 11.6 Å². The molecule has 0 radical (unpaired) electrons. The Morgan fingerprint density at radius 3 is 2.39 bits per heavy atom. The molecule has 0 heterocycles. The number of ether oxygens (including phenoxy) is 1. The van der Waals surface area contributed by atoms with E-state index in [1.165, 1.54) is 25.3 Å². The van der Waals surface area contributed by atoms with Crippen molar-refractivity contribution in [2.24, 2.45) is 0 Å².